The Hall–Kier alpha value is -3.73. The number of aromatic nitrogens is 1. The number of aliphatic hydroxyl groups excluding tert-OH is 1. The van der Waals surface area contributed by atoms with Crippen molar-refractivity contribution < 1.29 is 42.9 Å². The first kappa shape index (κ1) is 29.8. The van der Waals surface area contributed by atoms with Gasteiger partial charge >= 0.3 is 23.5 Å². The van der Waals surface area contributed by atoms with Gasteiger partial charge in [0.15, 0.2) is 0 Å². The van der Waals surface area contributed by atoms with Gasteiger partial charge < -0.3 is 28.5 Å². The zero-order chi connectivity index (χ0) is 30.6. The third kappa shape index (κ3) is 4.77. The first-order valence-electron chi connectivity index (χ1n) is 14.1. The molecule has 8 atom stereocenters. The normalized spacial score (nSPS) is 35.0. The van der Waals surface area contributed by atoms with E-state index in [4.69, 9.17) is 23.4 Å². The molecule has 2 aromatic rings. The summed E-state index contributed by atoms with van der Waals surface area (Å²) in [6.45, 7) is 9.56. The van der Waals surface area contributed by atoms with E-state index < -0.39 is 64.2 Å². The maximum absolute atomic E-state index is 13.4. The Bertz CT molecular complexity index is 1460. The van der Waals surface area contributed by atoms with E-state index in [9.17, 15) is 24.3 Å². The Labute approximate surface area is 243 Å². The van der Waals surface area contributed by atoms with Gasteiger partial charge in [0.05, 0.1) is 6.10 Å². The van der Waals surface area contributed by atoms with E-state index in [-0.39, 0.29) is 36.0 Å². The molecule has 2 fully saturated rings. The SMILES string of the molecule is CC(=O)OC[C@]1(C)C2C[C@H](OC(C)=O)[C@@]3(C)Oc4cc(-c5cccnc5)oc(=O)c4C(O)C3[C@@]2(C)CC[C@@H]1OC(C)=O. The Morgan fingerprint density at radius 1 is 1.07 bits per heavy atom. The van der Waals surface area contributed by atoms with Gasteiger partial charge in [-0.3, -0.25) is 19.4 Å². The quantitative estimate of drug-likeness (QED) is 0.405. The fourth-order valence-electron chi connectivity index (χ4n) is 8.04. The molecule has 3 aliphatic rings. The summed E-state index contributed by atoms with van der Waals surface area (Å²) in [5, 5.41) is 12.1. The van der Waals surface area contributed by atoms with Crippen LogP contribution in [-0.2, 0) is 28.6 Å². The van der Waals surface area contributed by atoms with E-state index in [2.05, 4.69) is 4.98 Å². The summed E-state index contributed by atoms with van der Waals surface area (Å²) < 4.78 is 29.5. The van der Waals surface area contributed by atoms with Gasteiger partial charge in [0.1, 0.15) is 41.5 Å². The van der Waals surface area contributed by atoms with Crippen molar-refractivity contribution in [2.45, 2.75) is 84.7 Å². The fraction of sp³-hybridized carbons (Fsp3) is 0.581. The number of fused-ring (bicyclic) bond motifs is 4. The van der Waals surface area contributed by atoms with Gasteiger partial charge in [-0.2, -0.15) is 0 Å². The van der Waals surface area contributed by atoms with Crippen LogP contribution >= 0.6 is 0 Å². The van der Waals surface area contributed by atoms with Crippen LogP contribution in [-0.4, -0.2) is 52.4 Å². The molecule has 42 heavy (non-hydrogen) atoms. The van der Waals surface area contributed by atoms with E-state index in [1.54, 1.807) is 37.5 Å². The van der Waals surface area contributed by atoms with Crippen molar-refractivity contribution in [3.63, 3.8) is 0 Å². The number of aliphatic hydroxyl groups is 1. The number of rotatable bonds is 5. The summed E-state index contributed by atoms with van der Waals surface area (Å²) in [6, 6.07) is 5.00. The van der Waals surface area contributed by atoms with Crippen molar-refractivity contribution in [1.82, 2.24) is 4.98 Å². The van der Waals surface area contributed by atoms with Gasteiger partial charge in [-0.1, -0.05) is 13.8 Å². The highest BCUT2D eigenvalue weighted by atomic mass is 16.6. The molecule has 0 bridgehead atoms. The zero-order valence-electron chi connectivity index (χ0n) is 24.7. The Morgan fingerprint density at radius 2 is 1.76 bits per heavy atom. The first-order valence-corrected chi connectivity index (χ1v) is 14.1. The molecule has 3 heterocycles. The highest BCUT2D eigenvalue weighted by Crippen LogP contribution is 2.67. The minimum absolute atomic E-state index is 0.0163. The lowest BCUT2D eigenvalue weighted by Crippen LogP contribution is -2.71. The summed E-state index contributed by atoms with van der Waals surface area (Å²) in [5.41, 5.74) is -3.09. The molecule has 226 valence electrons. The molecule has 2 aliphatic carbocycles. The van der Waals surface area contributed by atoms with Crippen LogP contribution < -0.4 is 10.4 Å². The number of hydrogen-bond acceptors (Lipinski definition) is 11. The molecule has 5 rings (SSSR count). The standard InChI is InChI=1S/C31H37NO10/c1-16(33)38-15-30(5)22-13-24(40-18(3)35)31(6)27(29(22,4)10-9-23(30)39-17(2)34)26(36)25-21(42-31)12-20(41-28(25)37)19-8-7-11-32-14-19/h7-8,11-12,14,22-24,26-27,36H,9-10,13,15H2,1-6H3/t22?,23-,24-,26?,27?,29-,30+,31+/m0/s1. The van der Waals surface area contributed by atoms with Crippen molar-refractivity contribution in [3.8, 4) is 17.1 Å². The van der Waals surface area contributed by atoms with Gasteiger partial charge in [-0.15, -0.1) is 0 Å². The van der Waals surface area contributed by atoms with Crippen LogP contribution in [0.15, 0.2) is 39.8 Å². The first-order chi connectivity index (χ1) is 19.7. The van der Waals surface area contributed by atoms with Gasteiger partial charge in [0, 0.05) is 56.1 Å². The molecule has 1 aliphatic heterocycles. The Kier molecular flexibility index (Phi) is 7.45. The Morgan fingerprint density at radius 3 is 2.38 bits per heavy atom. The van der Waals surface area contributed by atoms with E-state index in [0.29, 0.717) is 18.4 Å². The molecule has 11 nitrogen and oxygen atoms in total. The fourth-order valence-corrected chi connectivity index (χ4v) is 8.04. The molecular weight excluding hydrogens is 546 g/mol. The molecule has 1 N–H and O–H groups in total. The topological polar surface area (TPSA) is 151 Å². The van der Waals surface area contributed by atoms with Crippen molar-refractivity contribution in [1.29, 1.82) is 0 Å². The van der Waals surface area contributed by atoms with E-state index in [1.807, 2.05) is 13.8 Å². The van der Waals surface area contributed by atoms with Crippen LogP contribution in [0.2, 0.25) is 0 Å². The monoisotopic (exact) mass is 583 g/mol. The average molecular weight is 584 g/mol. The lowest BCUT2D eigenvalue weighted by atomic mass is 9.42. The second kappa shape index (κ2) is 10.5. The molecule has 11 heteroatoms. The zero-order valence-corrected chi connectivity index (χ0v) is 24.7. The third-order valence-corrected chi connectivity index (χ3v) is 9.73. The van der Waals surface area contributed by atoms with Gasteiger partial charge in [0.2, 0.25) is 0 Å². The number of nitrogens with zero attached hydrogens (tertiary/aromatic N) is 1. The second-order valence-corrected chi connectivity index (χ2v) is 12.4. The number of carbonyl (C=O) groups is 3. The van der Waals surface area contributed by atoms with Crippen LogP contribution in [0.5, 0.6) is 5.75 Å². The summed E-state index contributed by atoms with van der Waals surface area (Å²) in [7, 11) is 0. The van der Waals surface area contributed by atoms with E-state index >= 15 is 0 Å². The van der Waals surface area contributed by atoms with Gasteiger partial charge in [-0.25, -0.2) is 4.79 Å². The summed E-state index contributed by atoms with van der Waals surface area (Å²) in [5.74, 6) is -2.25. The predicted octanol–water partition coefficient (Wildman–Crippen LogP) is 3.76. The lowest BCUT2D eigenvalue weighted by molar-refractivity contribution is -0.270. The van der Waals surface area contributed by atoms with Crippen LogP contribution in [0.4, 0.5) is 0 Å². The van der Waals surface area contributed by atoms with Crippen molar-refractivity contribution in [2.75, 3.05) is 6.61 Å². The molecule has 0 aromatic carbocycles. The molecule has 2 aromatic heterocycles. The molecule has 0 saturated heterocycles. The highest BCUT2D eigenvalue weighted by Gasteiger charge is 2.70. The molecule has 0 radical (unpaired) electrons. The number of pyridine rings is 1. The minimum Gasteiger partial charge on any atom is -0.482 e. The number of carbonyl (C=O) groups excluding carboxylic acids is 3. The van der Waals surface area contributed by atoms with Crippen LogP contribution in [0.3, 0.4) is 0 Å². The Balaban J connectivity index is 1.66. The molecule has 0 amide bonds. The average Bonchev–Trinajstić information content (AvgIpc) is 2.90. The van der Waals surface area contributed by atoms with Crippen molar-refractivity contribution >= 4 is 17.9 Å². The molecular formula is C31H37NO10. The largest absolute Gasteiger partial charge is 0.482 e. The summed E-state index contributed by atoms with van der Waals surface area (Å²) >= 11 is 0. The minimum atomic E-state index is -1.34. The lowest BCUT2D eigenvalue weighted by Gasteiger charge is -2.66. The molecule has 3 unspecified atom stereocenters. The van der Waals surface area contributed by atoms with Crippen molar-refractivity contribution in [2.24, 2.45) is 22.7 Å². The smallest absolute Gasteiger partial charge is 0.345 e. The van der Waals surface area contributed by atoms with E-state index in [0.717, 1.165) is 0 Å². The van der Waals surface area contributed by atoms with Crippen LogP contribution in [0.1, 0.15) is 72.5 Å². The second-order valence-electron chi connectivity index (χ2n) is 12.4. The molecule has 0 spiro atoms. The number of ether oxygens (including phenoxy) is 4. The molecule has 2 saturated carbocycles. The van der Waals surface area contributed by atoms with E-state index in [1.165, 1.54) is 20.8 Å². The maximum atomic E-state index is 13.4. The van der Waals surface area contributed by atoms with Gasteiger partial charge in [0.25, 0.3) is 0 Å². The highest BCUT2D eigenvalue weighted by molar-refractivity contribution is 5.67. The third-order valence-electron chi connectivity index (χ3n) is 9.73. The predicted molar refractivity (Wildman–Crippen MR) is 147 cm³/mol. The summed E-state index contributed by atoms with van der Waals surface area (Å²) in [6.07, 6.45) is 1.53. The van der Waals surface area contributed by atoms with Crippen LogP contribution in [0, 0.1) is 22.7 Å². The van der Waals surface area contributed by atoms with Crippen LogP contribution in [0.25, 0.3) is 11.3 Å². The maximum Gasteiger partial charge on any atom is 0.345 e. The number of esters is 3. The van der Waals surface area contributed by atoms with Crippen molar-refractivity contribution in [3.05, 3.63) is 46.6 Å². The summed E-state index contributed by atoms with van der Waals surface area (Å²) in [4.78, 5) is 54.0. The van der Waals surface area contributed by atoms with Gasteiger partial charge in [-0.05, 0) is 49.7 Å². The number of hydrogen-bond donors (Lipinski definition) is 1.